The second-order valence-electron chi connectivity index (χ2n) is 5.89. The molecule has 0 saturated heterocycles. The van der Waals surface area contributed by atoms with Gasteiger partial charge in [-0.1, -0.05) is 23.7 Å². The number of carbonyl (C=O) groups is 2. The minimum Gasteiger partial charge on any atom is -0.497 e. The van der Waals surface area contributed by atoms with Crippen molar-refractivity contribution in [3.63, 3.8) is 0 Å². The topological polar surface area (TPSA) is 76.7 Å². The van der Waals surface area contributed by atoms with E-state index in [0.717, 1.165) is 5.56 Å². The molecule has 7 heteroatoms. The van der Waals surface area contributed by atoms with Crippen LogP contribution in [0.25, 0.3) is 6.08 Å². The standard InChI is InChI=1S/C21H23ClN2O4/c1-27-13-3-12-23-21(26)19(14-15-4-8-17(22)9-5-15)24-20(25)16-6-10-18(28-2)11-7-16/h4-11,14H,3,12-13H2,1-2H3,(H,23,26)(H,24,25). The molecule has 0 aliphatic carbocycles. The van der Waals surface area contributed by atoms with Crippen LogP contribution in [0.15, 0.2) is 54.2 Å². The predicted octanol–water partition coefficient (Wildman–Crippen LogP) is 3.27. The van der Waals surface area contributed by atoms with Crippen LogP contribution < -0.4 is 15.4 Å². The highest BCUT2D eigenvalue weighted by Gasteiger charge is 2.14. The molecule has 0 aromatic heterocycles. The molecule has 0 aliphatic rings. The maximum atomic E-state index is 12.6. The van der Waals surface area contributed by atoms with Crippen LogP contribution in [0, 0.1) is 0 Å². The molecule has 6 nitrogen and oxygen atoms in total. The Balaban J connectivity index is 2.17. The molecule has 0 atom stereocenters. The molecule has 28 heavy (non-hydrogen) atoms. The minimum absolute atomic E-state index is 0.139. The normalized spacial score (nSPS) is 11.0. The summed E-state index contributed by atoms with van der Waals surface area (Å²) in [5.41, 5.74) is 1.29. The van der Waals surface area contributed by atoms with Gasteiger partial charge in [0.25, 0.3) is 11.8 Å². The zero-order chi connectivity index (χ0) is 20.4. The molecule has 0 unspecified atom stereocenters. The van der Waals surface area contributed by atoms with Crippen molar-refractivity contribution < 1.29 is 19.1 Å². The lowest BCUT2D eigenvalue weighted by Gasteiger charge is -2.11. The van der Waals surface area contributed by atoms with Gasteiger partial charge >= 0.3 is 0 Å². The SMILES string of the molecule is COCCCNC(=O)C(=Cc1ccc(Cl)cc1)NC(=O)c1ccc(OC)cc1. The lowest BCUT2D eigenvalue weighted by molar-refractivity contribution is -0.117. The van der Waals surface area contributed by atoms with Gasteiger partial charge in [0.05, 0.1) is 7.11 Å². The summed E-state index contributed by atoms with van der Waals surface area (Å²) < 4.78 is 10.1. The van der Waals surface area contributed by atoms with Crippen LogP contribution in [0.3, 0.4) is 0 Å². The molecule has 0 fully saturated rings. The number of benzene rings is 2. The Morgan fingerprint density at radius 3 is 2.32 bits per heavy atom. The van der Waals surface area contributed by atoms with E-state index in [-0.39, 0.29) is 11.6 Å². The van der Waals surface area contributed by atoms with Gasteiger partial charge in [-0.2, -0.15) is 0 Å². The van der Waals surface area contributed by atoms with Crippen molar-refractivity contribution in [2.75, 3.05) is 27.4 Å². The molecule has 2 rings (SSSR count). The predicted molar refractivity (Wildman–Crippen MR) is 109 cm³/mol. The van der Waals surface area contributed by atoms with Crippen molar-refractivity contribution in [3.8, 4) is 5.75 Å². The van der Waals surface area contributed by atoms with Gasteiger partial charge in [0.15, 0.2) is 0 Å². The highest BCUT2D eigenvalue weighted by Crippen LogP contribution is 2.14. The number of halogens is 1. The zero-order valence-electron chi connectivity index (χ0n) is 15.8. The van der Waals surface area contributed by atoms with Crippen LogP contribution in [0.2, 0.25) is 5.02 Å². The van der Waals surface area contributed by atoms with Crippen LogP contribution in [0.4, 0.5) is 0 Å². The number of ether oxygens (including phenoxy) is 2. The Hall–Kier alpha value is -2.83. The van der Waals surface area contributed by atoms with E-state index in [1.54, 1.807) is 68.8 Å². The number of amides is 2. The van der Waals surface area contributed by atoms with E-state index in [1.165, 1.54) is 0 Å². The number of hydrogen-bond donors (Lipinski definition) is 2. The highest BCUT2D eigenvalue weighted by atomic mass is 35.5. The van der Waals surface area contributed by atoms with Crippen molar-refractivity contribution in [2.24, 2.45) is 0 Å². The van der Waals surface area contributed by atoms with E-state index in [2.05, 4.69) is 10.6 Å². The third-order valence-electron chi connectivity index (χ3n) is 3.84. The van der Waals surface area contributed by atoms with Gasteiger partial charge in [0.1, 0.15) is 11.4 Å². The van der Waals surface area contributed by atoms with Gasteiger partial charge in [0, 0.05) is 30.8 Å². The van der Waals surface area contributed by atoms with Crippen molar-refractivity contribution >= 4 is 29.5 Å². The van der Waals surface area contributed by atoms with Crippen LogP contribution in [-0.4, -0.2) is 39.2 Å². The summed E-state index contributed by atoms with van der Waals surface area (Å²) >= 11 is 5.91. The Kier molecular flexibility index (Phi) is 8.52. The van der Waals surface area contributed by atoms with Gasteiger partial charge in [-0.15, -0.1) is 0 Å². The quantitative estimate of drug-likeness (QED) is 0.498. The first-order valence-electron chi connectivity index (χ1n) is 8.73. The fourth-order valence-corrected chi connectivity index (χ4v) is 2.46. The Labute approximate surface area is 169 Å². The molecule has 2 amide bonds. The molecule has 0 saturated carbocycles. The van der Waals surface area contributed by atoms with Gasteiger partial charge < -0.3 is 20.1 Å². The zero-order valence-corrected chi connectivity index (χ0v) is 16.6. The molecular formula is C21H23ClN2O4. The lowest BCUT2D eigenvalue weighted by Crippen LogP contribution is -2.35. The number of nitrogens with one attached hydrogen (secondary N) is 2. The van der Waals surface area contributed by atoms with Crippen molar-refractivity contribution in [3.05, 3.63) is 70.4 Å². The molecule has 0 spiro atoms. The third kappa shape index (κ3) is 6.72. The Morgan fingerprint density at radius 1 is 1.04 bits per heavy atom. The van der Waals surface area contributed by atoms with Crippen LogP contribution in [0.1, 0.15) is 22.3 Å². The first-order chi connectivity index (χ1) is 13.5. The van der Waals surface area contributed by atoms with Crippen molar-refractivity contribution in [2.45, 2.75) is 6.42 Å². The van der Waals surface area contributed by atoms with E-state index in [0.29, 0.717) is 35.9 Å². The molecule has 2 N–H and O–H groups in total. The van der Waals surface area contributed by atoms with Gasteiger partial charge in [0.2, 0.25) is 0 Å². The van der Waals surface area contributed by atoms with E-state index in [1.807, 2.05) is 0 Å². The lowest BCUT2D eigenvalue weighted by atomic mass is 10.1. The van der Waals surface area contributed by atoms with E-state index >= 15 is 0 Å². The maximum Gasteiger partial charge on any atom is 0.267 e. The average Bonchev–Trinajstić information content (AvgIpc) is 2.72. The van der Waals surface area contributed by atoms with Gasteiger partial charge in [-0.25, -0.2) is 0 Å². The van der Waals surface area contributed by atoms with Gasteiger partial charge in [-0.3, -0.25) is 9.59 Å². The number of rotatable bonds is 9. The summed E-state index contributed by atoms with van der Waals surface area (Å²) in [5.74, 6) is -0.132. The average molecular weight is 403 g/mol. The summed E-state index contributed by atoms with van der Waals surface area (Å²) in [6, 6.07) is 13.6. The third-order valence-corrected chi connectivity index (χ3v) is 4.09. The molecule has 148 valence electrons. The first kappa shape index (κ1) is 21.5. The molecule has 2 aromatic rings. The smallest absolute Gasteiger partial charge is 0.267 e. The fraction of sp³-hybridized carbons (Fsp3) is 0.238. The number of methoxy groups -OCH3 is 2. The monoisotopic (exact) mass is 402 g/mol. The number of carbonyl (C=O) groups excluding carboxylic acids is 2. The molecule has 0 aliphatic heterocycles. The van der Waals surface area contributed by atoms with E-state index in [9.17, 15) is 9.59 Å². The Bertz CT molecular complexity index is 817. The van der Waals surface area contributed by atoms with E-state index in [4.69, 9.17) is 21.1 Å². The summed E-state index contributed by atoms with van der Waals surface area (Å²) in [7, 11) is 3.15. The van der Waals surface area contributed by atoms with Crippen LogP contribution >= 0.6 is 11.6 Å². The van der Waals surface area contributed by atoms with Crippen LogP contribution in [0.5, 0.6) is 5.75 Å². The molecular weight excluding hydrogens is 380 g/mol. The summed E-state index contributed by atoms with van der Waals surface area (Å²) in [6.07, 6.45) is 2.27. The summed E-state index contributed by atoms with van der Waals surface area (Å²) in [4.78, 5) is 25.1. The maximum absolute atomic E-state index is 12.6. The fourth-order valence-electron chi connectivity index (χ4n) is 2.33. The second kappa shape index (κ2) is 11.1. The molecule has 0 bridgehead atoms. The number of hydrogen-bond acceptors (Lipinski definition) is 4. The largest absolute Gasteiger partial charge is 0.497 e. The van der Waals surface area contributed by atoms with Gasteiger partial charge in [-0.05, 0) is 54.5 Å². The highest BCUT2D eigenvalue weighted by molar-refractivity contribution is 6.30. The molecule has 2 aromatic carbocycles. The molecule has 0 heterocycles. The minimum atomic E-state index is -0.394. The van der Waals surface area contributed by atoms with E-state index < -0.39 is 5.91 Å². The Morgan fingerprint density at radius 2 is 1.71 bits per heavy atom. The molecule has 0 radical (unpaired) electrons. The second-order valence-corrected chi connectivity index (χ2v) is 6.33. The summed E-state index contributed by atoms with van der Waals surface area (Å²) in [5, 5.41) is 6.04. The van der Waals surface area contributed by atoms with Crippen molar-refractivity contribution in [1.29, 1.82) is 0 Å². The van der Waals surface area contributed by atoms with Crippen molar-refractivity contribution in [1.82, 2.24) is 10.6 Å². The summed E-state index contributed by atoms with van der Waals surface area (Å²) in [6.45, 7) is 0.970. The first-order valence-corrected chi connectivity index (χ1v) is 9.11. The van der Waals surface area contributed by atoms with Crippen LogP contribution in [-0.2, 0) is 9.53 Å².